The van der Waals surface area contributed by atoms with Gasteiger partial charge in [-0.25, -0.2) is 4.39 Å². The Bertz CT molecular complexity index is 1510. The molecule has 1 saturated heterocycles. The molecule has 1 aliphatic heterocycles. The van der Waals surface area contributed by atoms with Gasteiger partial charge in [0.05, 0.1) is 28.0 Å². The topological polar surface area (TPSA) is 70.4 Å². The number of rotatable bonds is 6. The second-order valence-corrected chi connectivity index (χ2v) is 10.8. The van der Waals surface area contributed by atoms with Crippen molar-refractivity contribution in [1.82, 2.24) is 10.3 Å². The van der Waals surface area contributed by atoms with E-state index in [0.29, 0.717) is 43.1 Å². The largest absolute Gasteiger partial charge is 0.459 e. The maximum Gasteiger partial charge on any atom is 0.226 e. The minimum absolute atomic E-state index is 0.130. The van der Waals surface area contributed by atoms with E-state index < -0.39 is 11.9 Å². The molecule has 0 aliphatic carbocycles. The van der Waals surface area contributed by atoms with E-state index in [1.807, 2.05) is 49.1 Å². The van der Waals surface area contributed by atoms with Crippen LogP contribution >= 0.6 is 39.7 Å². The number of pyridine rings is 1. The number of furan rings is 1. The Morgan fingerprint density at radius 1 is 1.18 bits per heavy atom. The molecule has 38 heavy (non-hydrogen) atoms. The van der Waals surface area contributed by atoms with E-state index in [1.54, 1.807) is 36.5 Å². The summed E-state index contributed by atoms with van der Waals surface area (Å²) in [5.41, 5.74) is 2.33. The normalized spacial score (nSPS) is 17.1. The van der Waals surface area contributed by atoms with Crippen LogP contribution < -0.4 is 15.5 Å². The zero-order valence-corrected chi connectivity index (χ0v) is 23.6. The fraction of sp³-hybridized carbons (Fsp3) is 0.179. The molecule has 3 heterocycles. The summed E-state index contributed by atoms with van der Waals surface area (Å²) in [5.74, 6) is 0.248. The number of thiocarbonyl (C=S) groups is 1. The predicted octanol–water partition coefficient (Wildman–Crippen LogP) is 7.67. The van der Waals surface area contributed by atoms with Gasteiger partial charge >= 0.3 is 0 Å². The third-order valence-corrected chi connectivity index (χ3v) is 7.35. The van der Waals surface area contributed by atoms with E-state index in [9.17, 15) is 9.18 Å². The highest BCUT2D eigenvalue weighted by Gasteiger charge is 2.42. The Morgan fingerprint density at radius 2 is 2.00 bits per heavy atom. The van der Waals surface area contributed by atoms with Gasteiger partial charge in [-0.15, -0.1) is 0 Å². The highest BCUT2D eigenvalue weighted by molar-refractivity contribution is 9.10. The number of anilines is 2. The van der Waals surface area contributed by atoms with Gasteiger partial charge in [0.1, 0.15) is 23.4 Å². The van der Waals surface area contributed by atoms with E-state index in [4.69, 9.17) is 28.2 Å². The molecule has 194 valence electrons. The number of benzene rings is 2. The number of halogens is 3. The van der Waals surface area contributed by atoms with Gasteiger partial charge in [-0.3, -0.25) is 9.78 Å². The Labute approximate surface area is 238 Å². The second kappa shape index (κ2) is 10.8. The van der Waals surface area contributed by atoms with Crippen molar-refractivity contribution in [2.75, 3.05) is 10.2 Å². The average Bonchev–Trinajstić information content (AvgIpc) is 3.50. The molecule has 0 bridgehead atoms. The van der Waals surface area contributed by atoms with Crippen molar-refractivity contribution in [3.63, 3.8) is 0 Å². The van der Waals surface area contributed by atoms with E-state index >= 15 is 0 Å². The lowest BCUT2D eigenvalue weighted by Crippen LogP contribution is -2.29. The van der Waals surface area contributed by atoms with Crippen molar-refractivity contribution >= 4 is 62.1 Å². The van der Waals surface area contributed by atoms with Crippen LogP contribution in [-0.2, 0) is 4.79 Å². The maximum atomic E-state index is 14.7. The van der Waals surface area contributed by atoms with Gasteiger partial charge in [0.15, 0.2) is 5.11 Å². The second-order valence-electron chi connectivity index (χ2n) is 9.13. The molecule has 1 aliphatic rings. The molecule has 2 aromatic heterocycles. The number of nitrogens with one attached hydrogen (secondary N) is 2. The van der Waals surface area contributed by atoms with Crippen LogP contribution in [0.4, 0.5) is 15.8 Å². The van der Waals surface area contributed by atoms with E-state index in [0.717, 1.165) is 5.69 Å². The first-order valence-electron chi connectivity index (χ1n) is 11.9. The molecular formula is C28H23BrClFN4O2S. The third-order valence-electron chi connectivity index (χ3n) is 6.23. The zero-order valence-electron chi connectivity index (χ0n) is 20.4. The molecule has 0 spiro atoms. The molecular weight excluding hydrogens is 591 g/mol. The van der Waals surface area contributed by atoms with Gasteiger partial charge in [-0.2, -0.15) is 0 Å². The van der Waals surface area contributed by atoms with Crippen LogP contribution in [0.3, 0.4) is 0 Å². The lowest BCUT2D eigenvalue weighted by atomic mass is 10.0. The number of aromatic nitrogens is 1. The summed E-state index contributed by atoms with van der Waals surface area (Å²) in [6.07, 6.45) is 1.72. The SMILES string of the molecule is CC(C)C(=O)Nc1ccc(N2C(=S)NC(c3ccccn3)C2c2ccc(-c3ccc(Br)cc3F)o2)cc1Cl. The average molecular weight is 614 g/mol. The van der Waals surface area contributed by atoms with Gasteiger partial charge in [0.2, 0.25) is 5.91 Å². The van der Waals surface area contributed by atoms with Crippen molar-refractivity contribution in [2.24, 2.45) is 5.92 Å². The van der Waals surface area contributed by atoms with Gasteiger partial charge in [-0.1, -0.05) is 47.4 Å². The minimum atomic E-state index is -0.447. The zero-order chi connectivity index (χ0) is 27.0. The predicted molar refractivity (Wildman–Crippen MR) is 155 cm³/mol. The number of carbonyl (C=O) groups is 1. The van der Waals surface area contributed by atoms with Crippen LogP contribution in [0.25, 0.3) is 11.3 Å². The van der Waals surface area contributed by atoms with E-state index in [-0.39, 0.29) is 17.9 Å². The van der Waals surface area contributed by atoms with Crippen LogP contribution in [0.15, 0.2) is 81.8 Å². The standard InChI is InChI=1S/C28H23BrClFN4O2S/c1-15(2)27(36)33-21-9-7-17(14-19(21)30)35-26(25(34-28(35)38)22-5-3-4-12-32-22)24-11-10-23(37-24)18-8-6-16(29)13-20(18)31/h3-15,25-26H,1-2H3,(H,33,36)(H,34,38). The van der Waals surface area contributed by atoms with E-state index in [2.05, 4.69) is 31.5 Å². The van der Waals surface area contributed by atoms with Crippen LogP contribution in [0, 0.1) is 11.7 Å². The lowest BCUT2D eigenvalue weighted by molar-refractivity contribution is -0.118. The molecule has 2 unspecified atom stereocenters. The minimum Gasteiger partial charge on any atom is -0.459 e. The number of nitrogens with zero attached hydrogens (tertiary/aromatic N) is 2. The Hall–Kier alpha value is -3.27. The summed E-state index contributed by atoms with van der Waals surface area (Å²) in [7, 11) is 0. The highest BCUT2D eigenvalue weighted by Crippen LogP contribution is 2.44. The summed E-state index contributed by atoms with van der Waals surface area (Å²) in [6, 6.07) is 18.6. The molecule has 2 atom stereocenters. The summed E-state index contributed by atoms with van der Waals surface area (Å²) in [5, 5.41) is 7.02. The molecule has 2 aromatic carbocycles. The number of hydrogen-bond acceptors (Lipinski definition) is 4. The van der Waals surface area contributed by atoms with Gasteiger partial charge in [0.25, 0.3) is 0 Å². The molecule has 1 amide bonds. The smallest absolute Gasteiger partial charge is 0.226 e. The van der Waals surface area contributed by atoms with Crippen molar-refractivity contribution in [2.45, 2.75) is 25.9 Å². The van der Waals surface area contributed by atoms with Crippen molar-refractivity contribution in [1.29, 1.82) is 0 Å². The van der Waals surface area contributed by atoms with E-state index in [1.165, 1.54) is 6.07 Å². The Morgan fingerprint density at radius 3 is 2.68 bits per heavy atom. The summed E-state index contributed by atoms with van der Waals surface area (Å²) in [6.45, 7) is 3.62. The Kier molecular flexibility index (Phi) is 7.52. The maximum absolute atomic E-state index is 14.7. The first-order chi connectivity index (χ1) is 18.2. The molecule has 5 rings (SSSR count). The van der Waals surface area contributed by atoms with Gasteiger partial charge in [0, 0.05) is 22.3 Å². The number of carbonyl (C=O) groups excluding carboxylic acids is 1. The number of hydrogen-bond donors (Lipinski definition) is 2. The molecule has 1 fully saturated rings. The molecule has 4 aromatic rings. The Balaban J connectivity index is 1.56. The first-order valence-corrected chi connectivity index (χ1v) is 13.5. The van der Waals surface area contributed by atoms with Crippen LogP contribution in [0.2, 0.25) is 5.02 Å². The van der Waals surface area contributed by atoms with Crippen LogP contribution in [0.1, 0.15) is 37.4 Å². The van der Waals surface area contributed by atoms with Crippen molar-refractivity contribution < 1.29 is 13.6 Å². The molecule has 2 N–H and O–H groups in total. The fourth-order valence-corrected chi connectivity index (χ4v) is 5.20. The van der Waals surface area contributed by atoms with Crippen molar-refractivity contribution in [3.05, 3.63) is 99.7 Å². The molecule has 0 radical (unpaired) electrons. The molecule has 0 saturated carbocycles. The van der Waals surface area contributed by atoms with Crippen molar-refractivity contribution in [3.8, 4) is 11.3 Å². The number of amides is 1. The monoisotopic (exact) mass is 612 g/mol. The third kappa shape index (κ3) is 5.18. The highest BCUT2D eigenvalue weighted by atomic mass is 79.9. The first kappa shape index (κ1) is 26.3. The summed E-state index contributed by atoms with van der Waals surface area (Å²) < 4.78 is 21.6. The molecule has 6 nitrogen and oxygen atoms in total. The summed E-state index contributed by atoms with van der Waals surface area (Å²) >= 11 is 15.6. The quantitative estimate of drug-likeness (QED) is 0.218. The van der Waals surface area contributed by atoms with Gasteiger partial charge < -0.3 is 20.0 Å². The summed E-state index contributed by atoms with van der Waals surface area (Å²) in [4.78, 5) is 18.6. The van der Waals surface area contributed by atoms with Crippen LogP contribution in [0.5, 0.6) is 0 Å². The van der Waals surface area contributed by atoms with Gasteiger partial charge in [-0.05, 0) is 72.9 Å². The van der Waals surface area contributed by atoms with Crippen LogP contribution in [-0.4, -0.2) is 16.0 Å². The molecule has 10 heteroatoms. The fourth-order valence-electron chi connectivity index (χ4n) is 4.30. The lowest BCUT2D eigenvalue weighted by Gasteiger charge is -2.26.